The van der Waals surface area contributed by atoms with Gasteiger partial charge in [0.25, 0.3) is 0 Å². The average molecular weight is 277 g/mol. The van der Waals surface area contributed by atoms with Gasteiger partial charge in [0.05, 0.1) is 18.0 Å². The zero-order chi connectivity index (χ0) is 14.5. The molecular formula is C14H19N3O3. The van der Waals surface area contributed by atoms with Crippen molar-refractivity contribution in [2.75, 3.05) is 25.5 Å². The van der Waals surface area contributed by atoms with Crippen LogP contribution in [0, 0.1) is 6.92 Å². The van der Waals surface area contributed by atoms with Crippen molar-refractivity contribution in [2.24, 2.45) is 0 Å². The van der Waals surface area contributed by atoms with E-state index in [1.54, 1.807) is 24.3 Å². The standard InChI is InChI=1S/C14H19N3O3/c1-10-3-6-15-9-12(10)16-13(18)14(19)17-7-4-11(20-2)5-8-17/h3,6,9,11H,4-5,7-8H2,1-2H3,(H,16,18). The number of amides is 2. The van der Waals surface area contributed by atoms with Crippen LogP contribution >= 0.6 is 0 Å². The maximum Gasteiger partial charge on any atom is 0.313 e. The molecule has 1 saturated heterocycles. The predicted molar refractivity (Wildman–Crippen MR) is 74.2 cm³/mol. The molecule has 0 unspecified atom stereocenters. The van der Waals surface area contributed by atoms with Crippen molar-refractivity contribution < 1.29 is 14.3 Å². The monoisotopic (exact) mass is 277 g/mol. The first-order valence-electron chi connectivity index (χ1n) is 6.65. The topological polar surface area (TPSA) is 71.5 Å². The fraction of sp³-hybridized carbons (Fsp3) is 0.500. The van der Waals surface area contributed by atoms with Crippen molar-refractivity contribution in [2.45, 2.75) is 25.9 Å². The van der Waals surface area contributed by atoms with Gasteiger partial charge in [-0.3, -0.25) is 14.6 Å². The lowest BCUT2D eigenvalue weighted by Gasteiger charge is -2.30. The van der Waals surface area contributed by atoms with Crippen LogP contribution in [0.4, 0.5) is 5.69 Å². The molecule has 0 radical (unpaired) electrons. The zero-order valence-corrected chi connectivity index (χ0v) is 11.8. The van der Waals surface area contributed by atoms with Gasteiger partial charge in [0.2, 0.25) is 0 Å². The van der Waals surface area contributed by atoms with Gasteiger partial charge in [0, 0.05) is 26.4 Å². The molecule has 0 bridgehead atoms. The van der Waals surface area contributed by atoms with Crippen LogP contribution in [0.2, 0.25) is 0 Å². The molecule has 1 aromatic heterocycles. The maximum atomic E-state index is 12.1. The second-order valence-corrected chi connectivity index (χ2v) is 4.87. The molecule has 1 N–H and O–H groups in total. The minimum Gasteiger partial charge on any atom is -0.381 e. The van der Waals surface area contributed by atoms with Crippen LogP contribution < -0.4 is 5.32 Å². The zero-order valence-electron chi connectivity index (χ0n) is 11.8. The number of rotatable bonds is 2. The van der Waals surface area contributed by atoms with E-state index in [2.05, 4.69) is 10.3 Å². The Morgan fingerprint density at radius 1 is 1.40 bits per heavy atom. The normalized spacial score (nSPS) is 16.0. The Balaban J connectivity index is 1.93. The van der Waals surface area contributed by atoms with E-state index in [-0.39, 0.29) is 6.10 Å². The summed E-state index contributed by atoms with van der Waals surface area (Å²) in [7, 11) is 1.67. The number of aryl methyl sites for hydroxylation is 1. The fourth-order valence-corrected chi connectivity index (χ4v) is 2.21. The van der Waals surface area contributed by atoms with E-state index in [9.17, 15) is 9.59 Å². The lowest BCUT2D eigenvalue weighted by molar-refractivity contribution is -0.144. The Hall–Kier alpha value is -1.95. The number of anilines is 1. The highest BCUT2D eigenvalue weighted by Crippen LogP contribution is 2.15. The molecular weight excluding hydrogens is 258 g/mol. The predicted octanol–water partition coefficient (Wildman–Crippen LogP) is 0.966. The van der Waals surface area contributed by atoms with Crippen molar-refractivity contribution in [1.82, 2.24) is 9.88 Å². The number of hydrogen-bond acceptors (Lipinski definition) is 4. The van der Waals surface area contributed by atoms with Crippen molar-refractivity contribution in [1.29, 1.82) is 0 Å². The number of carbonyl (C=O) groups excluding carboxylic acids is 2. The van der Waals surface area contributed by atoms with Crippen LogP contribution in [0.25, 0.3) is 0 Å². The van der Waals surface area contributed by atoms with Crippen LogP contribution in [0.5, 0.6) is 0 Å². The largest absolute Gasteiger partial charge is 0.381 e. The van der Waals surface area contributed by atoms with Crippen LogP contribution in [0.15, 0.2) is 18.5 Å². The molecule has 6 heteroatoms. The summed E-state index contributed by atoms with van der Waals surface area (Å²) in [5.41, 5.74) is 1.44. The van der Waals surface area contributed by atoms with E-state index in [0.717, 1.165) is 18.4 Å². The van der Waals surface area contributed by atoms with Crippen LogP contribution in [-0.2, 0) is 14.3 Å². The number of nitrogens with one attached hydrogen (secondary N) is 1. The number of pyridine rings is 1. The van der Waals surface area contributed by atoms with E-state index in [1.807, 2.05) is 6.92 Å². The molecule has 0 atom stereocenters. The third-order valence-corrected chi connectivity index (χ3v) is 3.54. The van der Waals surface area contributed by atoms with Crippen molar-refractivity contribution in [3.05, 3.63) is 24.0 Å². The molecule has 20 heavy (non-hydrogen) atoms. The summed E-state index contributed by atoms with van der Waals surface area (Å²) in [5.74, 6) is -1.11. The van der Waals surface area contributed by atoms with Crippen LogP contribution in [0.1, 0.15) is 18.4 Å². The summed E-state index contributed by atoms with van der Waals surface area (Å²) in [5, 5.41) is 2.61. The molecule has 1 aliphatic rings. The molecule has 0 aromatic carbocycles. The van der Waals surface area contributed by atoms with E-state index >= 15 is 0 Å². The molecule has 6 nitrogen and oxygen atoms in total. The number of carbonyl (C=O) groups is 2. The van der Waals surface area contributed by atoms with Crippen molar-refractivity contribution in [3.63, 3.8) is 0 Å². The minimum atomic E-state index is -0.614. The van der Waals surface area contributed by atoms with E-state index in [0.29, 0.717) is 18.8 Å². The van der Waals surface area contributed by atoms with Crippen molar-refractivity contribution >= 4 is 17.5 Å². The summed E-state index contributed by atoms with van der Waals surface area (Å²) in [4.78, 5) is 29.5. The third kappa shape index (κ3) is 3.33. The Kier molecular flexibility index (Phi) is 4.68. The van der Waals surface area contributed by atoms with Gasteiger partial charge in [-0.2, -0.15) is 0 Å². The molecule has 1 fully saturated rings. The Bertz CT molecular complexity index is 496. The highest BCUT2D eigenvalue weighted by molar-refractivity contribution is 6.39. The second-order valence-electron chi connectivity index (χ2n) is 4.87. The highest BCUT2D eigenvalue weighted by atomic mass is 16.5. The van der Waals surface area contributed by atoms with Gasteiger partial charge < -0.3 is 15.0 Å². The minimum absolute atomic E-state index is 0.183. The lowest BCUT2D eigenvalue weighted by Crippen LogP contribution is -2.45. The smallest absolute Gasteiger partial charge is 0.313 e. The molecule has 1 aliphatic heterocycles. The molecule has 0 aliphatic carbocycles. The van der Waals surface area contributed by atoms with E-state index in [4.69, 9.17) is 4.74 Å². The van der Waals surface area contributed by atoms with Gasteiger partial charge in [0.1, 0.15) is 0 Å². The molecule has 2 heterocycles. The lowest BCUT2D eigenvalue weighted by atomic mass is 10.1. The highest BCUT2D eigenvalue weighted by Gasteiger charge is 2.27. The van der Waals surface area contributed by atoms with Gasteiger partial charge in [-0.15, -0.1) is 0 Å². The number of nitrogens with zero attached hydrogens (tertiary/aromatic N) is 2. The van der Waals surface area contributed by atoms with Crippen molar-refractivity contribution in [3.8, 4) is 0 Å². The number of ether oxygens (including phenoxy) is 1. The van der Waals surface area contributed by atoms with Crippen LogP contribution in [0.3, 0.4) is 0 Å². The summed E-state index contributed by atoms with van der Waals surface area (Å²) in [6.45, 7) is 2.96. The maximum absolute atomic E-state index is 12.1. The third-order valence-electron chi connectivity index (χ3n) is 3.54. The quantitative estimate of drug-likeness (QED) is 0.818. The number of hydrogen-bond donors (Lipinski definition) is 1. The van der Waals surface area contributed by atoms with Gasteiger partial charge in [-0.1, -0.05) is 0 Å². The molecule has 2 rings (SSSR count). The fourth-order valence-electron chi connectivity index (χ4n) is 2.21. The molecule has 0 saturated carbocycles. The van der Waals surface area contributed by atoms with Gasteiger partial charge >= 0.3 is 11.8 Å². The average Bonchev–Trinajstić information content (AvgIpc) is 2.49. The first-order valence-corrected chi connectivity index (χ1v) is 6.65. The van der Waals surface area contributed by atoms with E-state index < -0.39 is 11.8 Å². The molecule has 2 amide bonds. The SMILES string of the molecule is COC1CCN(C(=O)C(=O)Nc2cnccc2C)CC1. The van der Waals surface area contributed by atoms with Crippen LogP contribution in [-0.4, -0.2) is 48.0 Å². The van der Waals surface area contributed by atoms with E-state index in [1.165, 1.54) is 6.20 Å². The second kappa shape index (κ2) is 6.47. The number of likely N-dealkylation sites (tertiary alicyclic amines) is 1. The summed E-state index contributed by atoms with van der Waals surface area (Å²) in [6, 6.07) is 1.78. The Labute approximate surface area is 118 Å². The molecule has 108 valence electrons. The summed E-state index contributed by atoms with van der Waals surface area (Å²) >= 11 is 0. The summed E-state index contributed by atoms with van der Waals surface area (Å²) in [6.07, 6.45) is 4.89. The molecule has 1 aromatic rings. The number of aromatic nitrogens is 1. The Morgan fingerprint density at radius 3 is 2.70 bits per heavy atom. The summed E-state index contributed by atoms with van der Waals surface area (Å²) < 4.78 is 5.24. The Morgan fingerprint density at radius 2 is 2.10 bits per heavy atom. The first-order chi connectivity index (χ1) is 9.61. The number of piperidine rings is 1. The first kappa shape index (κ1) is 14.5. The number of methoxy groups -OCH3 is 1. The van der Waals surface area contributed by atoms with Gasteiger partial charge in [0.15, 0.2) is 0 Å². The van der Waals surface area contributed by atoms with Gasteiger partial charge in [-0.05, 0) is 31.4 Å². The van der Waals surface area contributed by atoms with Gasteiger partial charge in [-0.25, -0.2) is 0 Å². The molecule has 0 spiro atoms.